The third kappa shape index (κ3) is 2.06. The lowest BCUT2D eigenvalue weighted by atomic mass is 9.68. The van der Waals surface area contributed by atoms with Gasteiger partial charge in [-0.2, -0.15) is 8.42 Å². The molecule has 2 aliphatic carbocycles. The normalized spacial score (nSPS) is 49.1. The van der Waals surface area contributed by atoms with Gasteiger partial charge < -0.3 is 14.6 Å². The van der Waals surface area contributed by atoms with Crippen molar-refractivity contribution < 1.29 is 32.0 Å². The van der Waals surface area contributed by atoms with E-state index in [1.807, 2.05) is 27.7 Å². The first-order valence-electron chi connectivity index (χ1n) is 8.06. The second kappa shape index (κ2) is 5.27. The minimum absolute atomic E-state index is 0.0391. The lowest BCUT2D eigenvalue weighted by Gasteiger charge is -2.42. The van der Waals surface area contributed by atoms with Gasteiger partial charge in [-0.25, -0.2) is 4.79 Å². The topological polar surface area (TPSA) is 99.1 Å². The van der Waals surface area contributed by atoms with Crippen LogP contribution in [0.5, 0.6) is 0 Å². The summed E-state index contributed by atoms with van der Waals surface area (Å²) in [4.78, 5) is 12.1. The molecular weight excluding hydrogens is 336 g/mol. The van der Waals surface area contributed by atoms with Crippen LogP contribution in [-0.4, -0.2) is 49.3 Å². The Morgan fingerprint density at radius 3 is 2.62 bits per heavy atom. The maximum absolute atomic E-state index is 12.5. The van der Waals surface area contributed by atoms with Crippen molar-refractivity contribution in [2.24, 2.45) is 23.2 Å². The average Bonchev–Trinajstić information content (AvgIpc) is 2.90. The maximum atomic E-state index is 12.5. The predicted molar refractivity (Wildman–Crippen MR) is 84.2 cm³/mol. The van der Waals surface area contributed by atoms with Gasteiger partial charge in [0.05, 0.1) is 5.60 Å². The van der Waals surface area contributed by atoms with Crippen molar-refractivity contribution in [3.63, 3.8) is 0 Å². The van der Waals surface area contributed by atoms with Gasteiger partial charge in [0.2, 0.25) is 0 Å². The summed E-state index contributed by atoms with van der Waals surface area (Å²) in [6, 6.07) is 0. The van der Waals surface area contributed by atoms with Crippen LogP contribution < -0.4 is 0 Å². The van der Waals surface area contributed by atoms with E-state index in [0.717, 1.165) is 6.08 Å². The van der Waals surface area contributed by atoms with Crippen molar-refractivity contribution in [3.05, 3.63) is 12.7 Å². The van der Waals surface area contributed by atoms with E-state index in [-0.39, 0.29) is 17.8 Å². The Morgan fingerprint density at radius 1 is 1.42 bits per heavy atom. The molecule has 0 radical (unpaired) electrons. The van der Waals surface area contributed by atoms with Gasteiger partial charge in [0, 0.05) is 11.3 Å². The monoisotopic (exact) mass is 360 g/mol. The van der Waals surface area contributed by atoms with Crippen LogP contribution in [0.3, 0.4) is 0 Å². The van der Waals surface area contributed by atoms with Gasteiger partial charge in [0.15, 0.2) is 6.29 Å². The standard InChI is InChI=1S/C16H24O7S/c1-6-10(17)21-7-11(18)22-14-13-12-8(2)15(14,4)9(3)16(12,5)23-24(13,19)20/h6,8-10,12-14,17H,1,7H2,2-5H3. The largest absolute Gasteiger partial charge is 0.459 e. The highest BCUT2D eigenvalue weighted by Gasteiger charge is 2.81. The molecule has 0 spiro atoms. The van der Waals surface area contributed by atoms with Gasteiger partial charge in [-0.05, 0) is 24.8 Å². The van der Waals surface area contributed by atoms with Crippen LogP contribution in [0.4, 0.5) is 0 Å². The number of fused-ring (bicyclic) bond motifs is 1. The van der Waals surface area contributed by atoms with Crippen molar-refractivity contribution in [1.82, 2.24) is 0 Å². The highest BCUT2D eigenvalue weighted by Crippen LogP contribution is 2.72. The zero-order chi connectivity index (χ0) is 18.1. The molecule has 8 heteroatoms. The van der Waals surface area contributed by atoms with E-state index < -0.39 is 51.4 Å². The summed E-state index contributed by atoms with van der Waals surface area (Å²) >= 11 is 0. The number of aliphatic hydroxyl groups excluding tert-OH is 1. The smallest absolute Gasteiger partial charge is 0.332 e. The van der Waals surface area contributed by atoms with Crippen molar-refractivity contribution >= 4 is 16.1 Å². The molecule has 1 heterocycles. The molecule has 24 heavy (non-hydrogen) atoms. The first kappa shape index (κ1) is 17.8. The van der Waals surface area contributed by atoms with E-state index in [1.165, 1.54) is 0 Å². The van der Waals surface area contributed by atoms with Crippen molar-refractivity contribution in [2.75, 3.05) is 6.61 Å². The van der Waals surface area contributed by atoms with Crippen LogP contribution >= 0.6 is 0 Å². The molecular formula is C16H24O7S. The molecule has 2 bridgehead atoms. The second-order valence-electron chi connectivity index (χ2n) is 7.47. The lowest BCUT2D eigenvalue weighted by Crippen LogP contribution is -2.52. The number of aliphatic hydroxyl groups is 1. The summed E-state index contributed by atoms with van der Waals surface area (Å²) in [5, 5.41) is 8.41. The minimum atomic E-state index is -3.81. The Balaban J connectivity index is 1.87. The first-order valence-corrected chi connectivity index (χ1v) is 9.53. The molecule has 3 aliphatic rings. The van der Waals surface area contributed by atoms with E-state index in [2.05, 4.69) is 6.58 Å². The van der Waals surface area contributed by atoms with Crippen LogP contribution in [0.25, 0.3) is 0 Å². The zero-order valence-corrected chi connectivity index (χ0v) is 15.1. The zero-order valence-electron chi connectivity index (χ0n) is 14.3. The predicted octanol–water partition coefficient (Wildman–Crippen LogP) is 0.828. The van der Waals surface area contributed by atoms with Gasteiger partial charge in [-0.3, -0.25) is 4.18 Å². The molecule has 1 saturated heterocycles. The van der Waals surface area contributed by atoms with Gasteiger partial charge in [-0.1, -0.05) is 27.4 Å². The van der Waals surface area contributed by atoms with Crippen molar-refractivity contribution in [1.29, 1.82) is 0 Å². The fraction of sp³-hybridized carbons (Fsp3) is 0.812. The molecule has 1 N–H and O–H groups in total. The van der Waals surface area contributed by atoms with Gasteiger partial charge >= 0.3 is 5.97 Å². The molecule has 7 nitrogen and oxygen atoms in total. The highest BCUT2D eigenvalue weighted by molar-refractivity contribution is 7.87. The Kier molecular flexibility index (Phi) is 3.92. The van der Waals surface area contributed by atoms with Crippen LogP contribution in [-0.2, 0) is 28.6 Å². The lowest BCUT2D eigenvalue weighted by molar-refractivity contribution is -0.172. The quantitative estimate of drug-likeness (QED) is 0.335. The third-order valence-electron chi connectivity index (χ3n) is 6.70. The summed E-state index contributed by atoms with van der Waals surface area (Å²) in [6.45, 7) is 10.6. The van der Waals surface area contributed by atoms with Gasteiger partial charge in [-0.15, -0.1) is 0 Å². The molecule has 136 valence electrons. The van der Waals surface area contributed by atoms with Crippen LogP contribution in [0.15, 0.2) is 12.7 Å². The number of carbonyl (C=O) groups excluding carboxylic acids is 1. The number of rotatable bonds is 5. The van der Waals surface area contributed by atoms with E-state index in [0.29, 0.717) is 0 Å². The Bertz CT molecular complexity index is 674. The Morgan fingerprint density at radius 2 is 2.04 bits per heavy atom. The molecule has 1 aliphatic heterocycles. The first-order chi connectivity index (χ1) is 11.0. The third-order valence-corrected chi connectivity index (χ3v) is 8.50. The molecule has 0 aromatic heterocycles. The van der Waals surface area contributed by atoms with Gasteiger partial charge in [0.1, 0.15) is 18.0 Å². The number of hydrogen-bond donors (Lipinski definition) is 1. The minimum Gasteiger partial charge on any atom is -0.459 e. The summed E-state index contributed by atoms with van der Waals surface area (Å²) in [6.07, 6.45) is -0.922. The van der Waals surface area contributed by atoms with Gasteiger partial charge in [0.25, 0.3) is 10.1 Å². The van der Waals surface area contributed by atoms with Crippen LogP contribution in [0.2, 0.25) is 0 Å². The maximum Gasteiger partial charge on any atom is 0.332 e. The van der Waals surface area contributed by atoms with E-state index in [1.54, 1.807) is 0 Å². The Hall–Kier alpha value is -0.960. The SMILES string of the molecule is C=CC(O)OCC(=O)OC1C2C3C(C)C1(C)C(C)C3(C)OS2(=O)=O. The van der Waals surface area contributed by atoms with Crippen LogP contribution in [0.1, 0.15) is 27.7 Å². The van der Waals surface area contributed by atoms with E-state index in [4.69, 9.17) is 13.7 Å². The number of carbonyl (C=O) groups is 1. The van der Waals surface area contributed by atoms with E-state index >= 15 is 0 Å². The summed E-state index contributed by atoms with van der Waals surface area (Å²) < 4.78 is 40.9. The molecule has 3 fully saturated rings. The molecule has 8 atom stereocenters. The second-order valence-corrected chi connectivity index (χ2v) is 9.17. The molecule has 2 saturated carbocycles. The summed E-state index contributed by atoms with van der Waals surface area (Å²) in [5.74, 6) is -0.967. The molecule has 0 amide bonds. The molecule has 8 unspecified atom stereocenters. The fourth-order valence-corrected chi connectivity index (χ4v) is 7.58. The summed E-state index contributed by atoms with van der Waals surface area (Å²) in [5.41, 5.74) is -1.25. The summed E-state index contributed by atoms with van der Waals surface area (Å²) in [7, 11) is -3.81. The Labute approximate surface area is 142 Å². The number of esters is 1. The van der Waals surface area contributed by atoms with Crippen LogP contribution in [0, 0.1) is 23.2 Å². The van der Waals surface area contributed by atoms with Crippen molar-refractivity contribution in [2.45, 2.75) is 50.9 Å². The van der Waals surface area contributed by atoms with Crippen molar-refractivity contribution in [3.8, 4) is 0 Å². The molecule has 0 aromatic carbocycles. The number of ether oxygens (including phenoxy) is 2. The molecule has 0 aromatic rings. The van der Waals surface area contributed by atoms with E-state index in [9.17, 15) is 18.3 Å². The number of hydrogen-bond acceptors (Lipinski definition) is 7. The molecule has 3 rings (SSSR count). The average molecular weight is 360 g/mol. The fourth-order valence-electron chi connectivity index (χ4n) is 5.20. The highest BCUT2D eigenvalue weighted by atomic mass is 32.2.